The topological polar surface area (TPSA) is 89.5 Å². The maximum absolute atomic E-state index is 12.0. The monoisotopic (exact) mass is 368 g/mol. The van der Waals surface area contributed by atoms with Gasteiger partial charge in [-0.15, -0.1) is 0 Å². The first-order valence-corrected chi connectivity index (χ1v) is 9.20. The second-order valence-corrected chi connectivity index (χ2v) is 6.78. The van der Waals surface area contributed by atoms with Crippen LogP contribution in [-0.4, -0.2) is 78.6 Å². The second kappa shape index (κ2) is 7.85. The Kier molecular flexibility index (Phi) is 5.12. The molecule has 142 valence electrons. The van der Waals surface area contributed by atoms with Gasteiger partial charge in [-0.25, -0.2) is 9.97 Å². The molecular formula is C18H24N8O. The number of aromatic nitrogens is 3. The lowest BCUT2D eigenvalue weighted by Crippen LogP contribution is -2.48. The predicted octanol–water partition coefficient (Wildman–Crippen LogP) is 0.303. The molecular weight excluding hydrogens is 344 g/mol. The minimum atomic E-state index is 0.0144. The SMILES string of the molecule is CN1CCN(c2ccc(Nc3nccc(N4CCNCC4=O)n3)nc2)CC1. The fourth-order valence-corrected chi connectivity index (χ4v) is 3.23. The fourth-order valence-electron chi connectivity index (χ4n) is 3.23. The van der Waals surface area contributed by atoms with Crippen molar-refractivity contribution in [2.75, 3.05) is 68.0 Å². The summed E-state index contributed by atoms with van der Waals surface area (Å²) in [6, 6.07) is 5.74. The van der Waals surface area contributed by atoms with E-state index in [0.29, 0.717) is 30.7 Å². The van der Waals surface area contributed by atoms with Crippen molar-refractivity contribution in [3.8, 4) is 0 Å². The van der Waals surface area contributed by atoms with Crippen molar-refractivity contribution >= 4 is 29.2 Å². The lowest BCUT2D eigenvalue weighted by Gasteiger charge is -2.33. The lowest BCUT2D eigenvalue weighted by atomic mass is 10.3. The van der Waals surface area contributed by atoms with Crippen LogP contribution in [0.1, 0.15) is 0 Å². The average molecular weight is 368 g/mol. The fraction of sp³-hybridized carbons (Fsp3) is 0.444. The summed E-state index contributed by atoms with van der Waals surface area (Å²) in [6.07, 6.45) is 3.52. The zero-order valence-electron chi connectivity index (χ0n) is 15.4. The number of hydrogen-bond donors (Lipinski definition) is 2. The van der Waals surface area contributed by atoms with Crippen LogP contribution in [0.25, 0.3) is 0 Å². The van der Waals surface area contributed by atoms with Gasteiger partial charge < -0.3 is 20.4 Å². The van der Waals surface area contributed by atoms with Crippen LogP contribution < -0.4 is 20.4 Å². The standard InChI is InChI=1S/C18H24N8O/c1-24-8-10-25(11-9-24)14-2-3-15(21-12-14)22-18-20-5-4-16(23-18)26-7-6-19-13-17(26)27/h2-5,12,19H,6-11,13H2,1H3,(H,20,21,22,23). The van der Waals surface area contributed by atoms with Crippen molar-refractivity contribution in [1.82, 2.24) is 25.2 Å². The third-order valence-electron chi connectivity index (χ3n) is 4.86. The molecule has 0 aliphatic carbocycles. The van der Waals surface area contributed by atoms with Gasteiger partial charge in [-0.05, 0) is 25.2 Å². The quantitative estimate of drug-likeness (QED) is 0.797. The van der Waals surface area contributed by atoms with E-state index in [9.17, 15) is 4.79 Å². The summed E-state index contributed by atoms with van der Waals surface area (Å²) in [6.45, 7) is 5.84. The van der Waals surface area contributed by atoms with Gasteiger partial charge in [-0.2, -0.15) is 4.98 Å². The van der Waals surface area contributed by atoms with E-state index >= 15 is 0 Å². The molecule has 0 spiro atoms. The average Bonchev–Trinajstić information content (AvgIpc) is 2.70. The first kappa shape index (κ1) is 17.6. The van der Waals surface area contributed by atoms with Crippen molar-refractivity contribution in [3.05, 3.63) is 30.6 Å². The molecule has 0 atom stereocenters. The van der Waals surface area contributed by atoms with Crippen LogP contribution in [0.4, 0.5) is 23.3 Å². The molecule has 2 aromatic rings. The van der Waals surface area contributed by atoms with Crippen LogP contribution in [0.3, 0.4) is 0 Å². The van der Waals surface area contributed by atoms with E-state index in [4.69, 9.17) is 0 Å². The summed E-state index contributed by atoms with van der Waals surface area (Å²) in [5, 5.41) is 6.18. The number of rotatable bonds is 4. The number of piperazine rings is 2. The molecule has 2 aromatic heterocycles. The van der Waals surface area contributed by atoms with Gasteiger partial charge in [0.1, 0.15) is 11.6 Å². The number of pyridine rings is 1. The Morgan fingerprint density at radius 3 is 2.67 bits per heavy atom. The summed E-state index contributed by atoms with van der Waals surface area (Å²) in [7, 11) is 2.14. The molecule has 0 saturated carbocycles. The van der Waals surface area contributed by atoms with Gasteiger partial charge in [0.2, 0.25) is 11.9 Å². The van der Waals surface area contributed by atoms with Crippen LogP contribution in [-0.2, 0) is 4.79 Å². The lowest BCUT2D eigenvalue weighted by molar-refractivity contribution is -0.118. The van der Waals surface area contributed by atoms with Crippen molar-refractivity contribution in [1.29, 1.82) is 0 Å². The number of hydrogen-bond acceptors (Lipinski definition) is 8. The molecule has 2 fully saturated rings. The number of amides is 1. The molecule has 0 aromatic carbocycles. The normalized spacial score (nSPS) is 18.6. The molecule has 1 amide bonds. The highest BCUT2D eigenvalue weighted by atomic mass is 16.2. The van der Waals surface area contributed by atoms with Crippen LogP contribution in [0.5, 0.6) is 0 Å². The van der Waals surface area contributed by atoms with Crippen LogP contribution in [0.15, 0.2) is 30.6 Å². The van der Waals surface area contributed by atoms with Gasteiger partial charge in [-0.3, -0.25) is 9.69 Å². The highest BCUT2D eigenvalue weighted by Crippen LogP contribution is 2.19. The zero-order chi connectivity index (χ0) is 18.6. The maximum atomic E-state index is 12.0. The van der Waals surface area contributed by atoms with Crippen molar-refractivity contribution < 1.29 is 4.79 Å². The molecule has 2 N–H and O–H groups in total. The third kappa shape index (κ3) is 4.15. The van der Waals surface area contributed by atoms with Crippen molar-refractivity contribution in [2.45, 2.75) is 0 Å². The Morgan fingerprint density at radius 1 is 1.07 bits per heavy atom. The Labute approximate surface area is 158 Å². The van der Waals surface area contributed by atoms with Gasteiger partial charge in [0.15, 0.2) is 0 Å². The Balaban J connectivity index is 1.43. The number of anilines is 4. The Hall–Kier alpha value is -2.78. The van der Waals surface area contributed by atoms with E-state index in [0.717, 1.165) is 38.4 Å². The van der Waals surface area contributed by atoms with E-state index in [1.807, 2.05) is 12.3 Å². The molecule has 4 heterocycles. The largest absolute Gasteiger partial charge is 0.368 e. The number of carbonyl (C=O) groups excluding carboxylic acids is 1. The highest BCUT2D eigenvalue weighted by molar-refractivity contribution is 5.94. The number of carbonyl (C=O) groups is 1. The number of nitrogens with zero attached hydrogens (tertiary/aromatic N) is 6. The summed E-state index contributed by atoms with van der Waals surface area (Å²) < 4.78 is 0. The van der Waals surface area contributed by atoms with Gasteiger partial charge in [0, 0.05) is 45.5 Å². The smallest absolute Gasteiger partial charge is 0.242 e. The van der Waals surface area contributed by atoms with E-state index in [1.54, 1.807) is 17.2 Å². The minimum Gasteiger partial charge on any atom is -0.368 e. The number of nitrogens with one attached hydrogen (secondary N) is 2. The summed E-state index contributed by atoms with van der Waals surface area (Å²) in [4.78, 5) is 31.6. The van der Waals surface area contributed by atoms with E-state index in [1.165, 1.54) is 0 Å². The third-order valence-corrected chi connectivity index (χ3v) is 4.86. The molecule has 0 radical (unpaired) electrons. The molecule has 9 heteroatoms. The van der Waals surface area contributed by atoms with Crippen molar-refractivity contribution in [2.24, 2.45) is 0 Å². The molecule has 0 bridgehead atoms. The Morgan fingerprint density at radius 2 is 1.93 bits per heavy atom. The summed E-state index contributed by atoms with van der Waals surface area (Å²) in [5.41, 5.74) is 1.12. The van der Waals surface area contributed by atoms with E-state index < -0.39 is 0 Å². The van der Waals surface area contributed by atoms with Gasteiger partial charge >= 0.3 is 0 Å². The summed E-state index contributed by atoms with van der Waals surface area (Å²) >= 11 is 0. The van der Waals surface area contributed by atoms with Gasteiger partial charge in [-0.1, -0.05) is 0 Å². The minimum absolute atomic E-state index is 0.0144. The van der Waals surface area contributed by atoms with Gasteiger partial charge in [0.05, 0.1) is 18.4 Å². The van der Waals surface area contributed by atoms with Crippen LogP contribution in [0.2, 0.25) is 0 Å². The Bertz CT molecular complexity index is 788. The zero-order valence-corrected chi connectivity index (χ0v) is 15.4. The highest BCUT2D eigenvalue weighted by Gasteiger charge is 2.20. The first-order chi connectivity index (χ1) is 13.2. The molecule has 0 unspecified atom stereocenters. The van der Waals surface area contributed by atoms with Crippen molar-refractivity contribution in [3.63, 3.8) is 0 Å². The van der Waals surface area contributed by atoms with Crippen LogP contribution in [0, 0.1) is 0 Å². The van der Waals surface area contributed by atoms with E-state index in [-0.39, 0.29) is 5.91 Å². The van der Waals surface area contributed by atoms with Crippen LogP contribution >= 0.6 is 0 Å². The molecule has 2 saturated heterocycles. The predicted molar refractivity (Wildman–Crippen MR) is 104 cm³/mol. The second-order valence-electron chi connectivity index (χ2n) is 6.78. The molecule has 4 rings (SSSR count). The molecule has 9 nitrogen and oxygen atoms in total. The maximum Gasteiger partial charge on any atom is 0.242 e. The molecule has 2 aliphatic rings. The molecule has 2 aliphatic heterocycles. The van der Waals surface area contributed by atoms with E-state index in [2.05, 4.69) is 48.5 Å². The molecule has 27 heavy (non-hydrogen) atoms. The first-order valence-electron chi connectivity index (χ1n) is 9.20. The summed E-state index contributed by atoms with van der Waals surface area (Å²) in [5.74, 6) is 1.73. The number of likely N-dealkylation sites (N-methyl/N-ethyl adjacent to an activating group) is 1. The van der Waals surface area contributed by atoms with Gasteiger partial charge in [0.25, 0.3) is 0 Å².